The standard InChI is InChI=1S/C21H17F3N2O4.C7H17NO5/c1-2-29-15-6-3-5-13(11-15)14-8-9-17(18(12-14)30-21(22,23)24)26-19-16(20(27)28)7-4-10-25-19;1-8-2-4(10)6(12)7(13)5(11)3-9/h3-12H,2H2,1H3,(H,25,26)(H,27,28);4-13H,2-3H2,1H3/t;4-,5+,6+,7+/m.0/s1. The average Bonchev–Trinajstić information content (AvgIpc) is 2.97. The predicted molar refractivity (Wildman–Crippen MR) is 149 cm³/mol. The molecule has 0 saturated carbocycles. The van der Waals surface area contributed by atoms with Gasteiger partial charge >= 0.3 is 12.3 Å². The first-order valence-electron chi connectivity index (χ1n) is 12.9. The van der Waals surface area contributed by atoms with Gasteiger partial charge in [-0.1, -0.05) is 18.2 Å². The largest absolute Gasteiger partial charge is 0.573 e. The highest BCUT2D eigenvalue weighted by Crippen LogP contribution is 2.37. The molecule has 8 N–H and O–H groups in total. The molecule has 1 heterocycles. The van der Waals surface area contributed by atoms with Crippen LogP contribution in [0.1, 0.15) is 17.3 Å². The molecule has 1 aromatic heterocycles. The van der Waals surface area contributed by atoms with Gasteiger partial charge in [-0.25, -0.2) is 9.78 Å². The number of aromatic carboxylic acids is 1. The SMILES string of the molecule is CCOc1cccc(-c2ccc(Nc3ncccc3C(=O)O)c(OC(F)(F)F)c2)c1.CNC[C@H](O)[C@@H](O)[C@H](O)[C@H](O)CO. The number of aliphatic hydroxyl groups is 5. The number of hydrogen-bond donors (Lipinski definition) is 8. The van der Waals surface area contributed by atoms with Gasteiger partial charge in [0.1, 0.15) is 35.4 Å². The molecule has 4 atom stereocenters. The summed E-state index contributed by atoms with van der Waals surface area (Å²) in [6.07, 6.45) is -9.26. The van der Waals surface area contributed by atoms with Crippen LogP contribution < -0.4 is 20.1 Å². The van der Waals surface area contributed by atoms with Crippen molar-refractivity contribution < 1.29 is 58.1 Å². The summed E-state index contributed by atoms with van der Waals surface area (Å²) in [6, 6.07) is 13.8. The molecule has 0 aliphatic carbocycles. The summed E-state index contributed by atoms with van der Waals surface area (Å²) in [5.41, 5.74) is 0.812. The van der Waals surface area contributed by atoms with Crippen LogP contribution in [0.15, 0.2) is 60.8 Å². The van der Waals surface area contributed by atoms with Crippen molar-refractivity contribution in [1.82, 2.24) is 10.3 Å². The van der Waals surface area contributed by atoms with Crippen LogP contribution in [0.3, 0.4) is 0 Å². The fourth-order valence-electron chi connectivity index (χ4n) is 3.64. The average molecular weight is 614 g/mol. The molecular weight excluding hydrogens is 579 g/mol. The van der Waals surface area contributed by atoms with Crippen molar-refractivity contribution in [3.05, 3.63) is 66.4 Å². The Morgan fingerprint density at radius 3 is 2.26 bits per heavy atom. The van der Waals surface area contributed by atoms with Crippen LogP contribution in [0, 0.1) is 0 Å². The quantitative estimate of drug-likeness (QED) is 0.140. The van der Waals surface area contributed by atoms with Gasteiger partial charge < -0.3 is 50.7 Å². The third kappa shape index (κ3) is 11.0. The van der Waals surface area contributed by atoms with Crippen LogP contribution in [-0.4, -0.2) is 99.2 Å². The highest BCUT2D eigenvalue weighted by Gasteiger charge is 2.33. The fraction of sp³-hybridized carbons (Fsp3) is 0.357. The highest BCUT2D eigenvalue weighted by molar-refractivity contribution is 5.94. The molecule has 3 aromatic rings. The van der Waals surface area contributed by atoms with E-state index in [1.165, 1.54) is 30.5 Å². The number of rotatable bonds is 13. The topological polar surface area (TPSA) is 194 Å². The van der Waals surface area contributed by atoms with Crippen molar-refractivity contribution in [3.8, 4) is 22.6 Å². The molecule has 0 radical (unpaired) electrons. The molecule has 0 bridgehead atoms. The van der Waals surface area contributed by atoms with Crippen LogP contribution in [0.5, 0.6) is 11.5 Å². The molecule has 15 heteroatoms. The van der Waals surface area contributed by atoms with Gasteiger partial charge in [0.2, 0.25) is 0 Å². The summed E-state index contributed by atoms with van der Waals surface area (Å²) >= 11 is 0. The monoisotopic (exact) mass is 613 g/mol. The van der Waals surface area contributed by atoms with E-state index < -0.39 is 49.1 Å². The number of likely N-dealkylation sites (N-methyl/N-ethyl adjacent to an activating group) is 1. The molecule has 0 aliphatic heterocycles. The second kappa shape index (κ2) is 16.6. The van der Waals surface area contributed by atoms with Crippen LogP contribution in [0.25, 0.3) is 11.1 Å². The first-order valence-corrected chi connectivity index (χ1v) is 12.9. The number of aromatic nitrogens is 1. The van der Waals surface area contributed by atoms with Crippen molar-refractivity contribution >= 4 is 17.5 Å². The maximum absolute atomic E-state index is 13.0. The van der Waals surface area contributed by atoms with Crippen molar-refractivity contribution in [2.24, 2.45) is 0 Å². The molecule has 0 fully saturated rings. The second-order valence-corrected chi connectivity index (χ2v) is 8.91. The van der Waals surface area contributed by atoms with Gasteiger partial charge in [-0.2, -0.15) is 0 Å². The van der Waals surface area contributed by atoms with Crippen molar-refractivity contribution in [2.45, 2.75) is 37.7 Å². The lowest BCUT2D eigenvalue weighted by molar-refractivity contribution is -0.274. The maximum atomic E-state index is 13.0. The van der Waals surface area contributed by atoms with E-state index in [4.69, 9.17) is 25.2 Å². The zero-order chi connectivity index (χ0) is 32.2. The van der Waals surface area contributed by atoms with E-state index in [1.54, 1.807) is 37.4 Å². The summed E-state index contributed by atoms with van der Waals surface area (Å²) in [7, 11) is 1.57. The van der Waals surface area contributed by atoms with Crippen LogP contribution in [-0.2, 0) is 0 Å². The van der Waals surface area contributed by atoms with E-state index in [1.807, 2.05) is 6.92 Å². The van der Waals surface area contributed by atoms with E-state index in [2.05, 4.69) is 20.4 Å². The Morgan fingerprint density at radius 1 is 0.977 bits per heavy atom. The Kier molecular flexibility index (Phi) is 13.6. The molecule has 0 unspecified atom stereocenters. The number of benzene rings is 2. The molecule has 12 nitrogen and oxygen atoms in total. The van der Waals surface area contributed by atoms with Gasteiger partial charge in [0.15, 0.2) is 5.75 Å². The number of carboxylic acids is 1. The van der Waals surface area contributed by atoms with E-state index in [0.717, 1.165) is 0 Å². The molecular formula is C28H34F3N3O9. The lowest BCUT2D eigenvalue weighted by Crippen LogP contribution is -2.48. The highest BCUT2D eigenvalue weighted by atomic mass is 19.4. The van der Waals surface area contributed by atoms with Gasteiger partial charge in [-0.15, -0.1) is 13.2 Å². The van der Waals surface area contributed by atoms with Crippen LogP contribution in [0.2, 0.25) is 0 Å². The molecule has 0 aliphatic rings. The minimum absolute atomic E-state index is 0.0850. The van der Waals surface area contributed by atoms with Gasteiger partial charge in [0.25, 0.3) is 0 Å². The minimum atomic E-state index is -4.94. The number of hydrogen-bond acceptors (Lipinski definition) is 11. The zero-order valence-corrected chi connectivity index (χ0v) is 23.2. The van der Waals surface area contributed by atoms with Gasteiger partial charge in [0.05, 0.1) is 25.0 Å². The van der Waals surface area contributed by atoms with Crippen molar-refractivity contribution in [3.63, 3.8) is 0 Å². The number of nitrogens with one attached hydrogen (secondary N) is 2. The number of ether oxygens (including phenoxy) is 2. The van der Waals surface area contributed by atoms with Gasteiger partial charge in [0, 0.05) is 12.7 Å². The Labute approximate surface area is 245 Å². The minimum Gasteiger partial charge on any atom is -0.494 e. The number of carboxylic acid groups (broad SMARTS) is 1. The fourth-order valence-corrected chi connectivity index (χ4v) is 3.64. The molecule has 0 spiro atoms. The third-order valence-corrected chi connectivity index (χ3v) is 5.72. The third-order valence-electron chi connectivity index (χ3n) is 5.72. The first-order chi connectivity index (χ1) is 20.3. The summed E-state index contributed by atoms with van der Waals surface area (Å²) in [5.74, 6) is -1.32. The molecule has 43 heavy (non-hydrogen) atoms. The Hall–Kier alpha value is -3.99. The molecule has 2 aromatic carbocycles. The van der Waals surface area contributed by atoms with Crippen molar-refractivity contribution in [1.29, 1.82) is 0 Å². The lowest BCUT2D eigenvalue weighted by Gasteiger charge is -2.25. The second-order valence-electron chi connectivity index (χ2n) is 8.91. The summed E-state index contributed by atoms with van der Waals surface area (Å²) in [5, 5.41) is 59.3. The number of halogens is 3. The lowest BCUT2D eigenvalue weighted by atomic mass is 10.0. The zero-order valence-electron chi connectivity index (χ0n) is 23.2. The number of aliphatic hydroxyl groups excluding tert-OH is 5. The Bertz CT molecular complexity index is 1310. The molecule has 3 rings (SSSR count). The van der Waals surface area contributed by atoms with E-state index in [9.17, 15) is 28.2 Å². The summed E-state index contributed by atoms with van der Waals surface area (Å²) < 4.78 is 48.6. The summed E-state index contributed by atoms with van der Waals surface area (Å²) in [6.45, 7) is 1.71. The summed E-state index contributed by atoms with van der Waals surface area (Å²) in [4.78, 5) is 15.2. The van der Waals surface area contributed by atoms with Gasteiger partial charge in [-0.05, 0) is 61.5 Å². The number of carbonyl (C=O) groups is 1. The Balaban J connectivity index is 0.000000420. The number of pyridine rings is 1. The van der Waals surface area contributed by atoms with E-state index >= 15 is 0 Å². The number of nitrogens with zero attached hydrogens (tertiary/aromatic N) is 1. The molecule has 236 valence electrons. The normalized spacial score (nSPS) is 14.0. The van der Waals surface area contributed by atoms with E-state index in [-0.39, 0.29) is 23.6 Å². The van der Waals surface area contributed by atoms with Crippen LogP contribution >= 0.6 is 0 Å². The van der Waals surface area contributed by atoms with Crippen molar-refractivity contribution in [2.75, 3.05) is 32.1 Å². The van der Waals surface area contributed by atoms with E-state index in [0.29, 0.717) is 23.5 Å². The maximum Gasteiger partial charge on any atom is 0.573 e. The van der Waals surface area contributed by atoms with Crippen LogP contribution in [0.4, 0.5) is 24.7 Å². The Morgan fingerprint density at radius 2 is 1.65 bits per heavy atom. The predicted octanol–water partition coefficient (Wildman–Crippen LogP) is 2.13. The first kappa shape index (κ1) is 35.2. The smallest absolute Gasteiger partial charge is 0.494 e. The molecule has 0 amide bonds. The van der Waals surface area contributed by atoms with Gasteiger partial charge in [-0.3, -0.25) is 0 Å². The number of anilines is 2. The number of alkyl halides is 3. The molecule has 0 saturated heterocycles.